The average Bonchev–Trinajstić information content (AvgIpc) is 2.97. The van der Waals surface area contributed by atoms with Gasteiger partial charge in [0.1, 0.15) is 0 Å². The molecular formula is C18H18N2O3. The van der Waals surface area contributed by atoms with Crippen LogP contribution in [-0.4, -0.2) is 30.1 Å². The molecule has 0 saturated carbocycles. The summed E-state index contributed by atoms with van der Waals surface area (Å²) in [7, 11) is 0. The van der Waals surface area contributed by atoms with Gasteiger partial charge in [0, 0.05) is 42.4 Å². The molecule has 0 bridgehead atoms. The van der Waals surface area contributed by atoms with Crippen molar-refractivity contribution >= 4 is 23.2 Å². The van der Waals surface area contributed by atoms with Crippen LogP contribution in [0.5, 0.6) is 0 Å². The third kappa shape index (κ3) is 3.40. The fourth-order valence-corrected chi connectivity index (χ4v) is 2.67. The number of nitrogens with one attached hydrogen (secondary N) is 1. The van der Waals surface area contributed by atoms with Gasteiger partial charge in [-0.15, -0.1) is 0 Å². The predicted octanol–water partition coefficient (Wildman–Crippen LogP) is 2.28. The zero-order valence-electron chi connectivity index (χ0n) is 12.6. The molecule has 1 aliphatic rings. The number of rotatable bonds is 4. The van der Waals surface area contributed by atoms with Crippen LogP contribution in [0.1, 0.15) is 16.8 Å². The van der Waals surface area contributed by atoms with E-state index in [4.69, 9.17) is 0 Å². The molecule has 1 saturated heterocycles. The molecule has 5 heteroatoms. The second kappa shape index (κ2) is 6.62. The Morgan fingerprint density at radius 1 is 1.13 bits per heavy atom. The van der Waals surface area contributed by atoms with Crippen molar-refractivity contribution < 1.29 is 14.7 Å². The summed E-state index contributed by atoms with van der Waals surface area (Å²) in [6.45, 7) is 0.554. The highest BCUT2D eigenvalue weighted by Crippen LogP contribution is 2.26. The molecule has 1 atom stereocenters. The molecule has 5 nitrogen and oxygen atoms in total. The normalized spacial score (nSPS) is 17.3. The summed E-state index contributed by atoms with van der Waals surface area (Å²) in [4.78, 5) is 25.7. The maximum absolute atomic E-state index is 12.1. The number of nitrogens with zero attached hydrogens (tertiary/aromatic N) is 1. The quantitative estimate of drug-likeness (QED) is 0.910. The molecule has 0 radical (unpaired) electrons. The smallest absolute Gasteiger partial charge is 0.255 e. The second-order valence-corrected chi connectivity index (χ2v) is 5.62. The lowest BCUT2D eigenvalue weighted by Gasteiger charge is -2.17. The molecule has 2 amide bonds. The maximum Gasteiger partial charge on any atom is 0.255 e. The third-order valence-corrected chi connectivity index (χ3v) is 3.94. The van der Waals surface area contributed by atoms with Gasteiger partial charge in [0.25, 0.3) is 5.91 Å². The zero-order valence-corrected chi connectivity index (χ0v) is 12.6. The van der Waals surface area contributed by atoms with Crippen molar-refractivity contribution in [3.8, 4) is 0 Å². The van der Waals surface area contributed by atoms with Crippen molar-refractivity contribution in [3.63, 3.8) is 0 Å². The number of hydrogen-bond donors (Lipinski definition) is 2. The molecule has 1 fully saturated rings. The lowest BCUT2D eigenvalue weighted by atomic mass is 10.1. The van der Waals surface area contributed by atoms with E-state index >= 15 is 0 Å². The molecule has 2 N–H and O–H groups in total. The Morgan fingerprint density at radius 2 is 1.83 bits per heavy atom. The number of hydrogen-bond acceptors (Lipinski definition) is 3. The summed E-state index contributed by atoms with van der Waals surface area (Å²) in [6.07, 6.45) is 0.378. The van der Waals surface area contributed by atoms with Crippen LogP contribution < -0.4 is 10.2 Å². The third-order valence-electron chi connectivity index (χ3n) is 3.94. The number of aliphatic hydroxyl groups is 1. The van der Waals surface area contributed by atoms with Gasteiger partial charge in [0.2, 0.25) is 5.91 Å². The number of aliphatic hydroxyl groups excluding tert-OH is 1. The fraction of sp³-hybridized carbons (Fsp3) is 0.222. The summed E-state index contributed by atoms with van der Waals surface area (Å²) in [5, 5.41) is 12.0. The van der Waals surface area contributed by atoms with Crippen molar-refractivity contribution in [2.75, 3.05) is 23.4 Å². The maximum atomic E-state index is 12.1. The van der Waals surface area contributed by atoms with Crippen LogP contribution in [-0.2, 0) is 4.79 Å². The van der Waals surface area contributed by atoms with Crippen LogP contribution in [0.25, 0.3) is 0 Å². The van der Waals surface area contributed by atoms with E-state index in [0.29, 0.717) is 24.2 Å². The SMILES string of the molecule is O=C(Nc1ccc(N2CC(CO)CC2=O)cc1)c1ccccc1. The van der Waals surface area contributed by atoms with Crippen molar-refractivity contribution in [2.45, 2.75) is 6.42 Å². The summed E-state index contributed by atoms with van der Waals surface area (Å²) >= 11 is 0. The monoisotopic (exact) mass is 310 g/mol. The van der Waals surface area contributed by atoms with Gasteiger partial charge in [0.05, 0.1) is 0 Å². The van der Waals surface area contributed by atoms with Gasteiger partial charge in [-0.3, -0.25) is 9.59 Å². The van der Waals surface area contributed by atoms with Crippen LogP contribution in [0.3, 0.4) is 0 Å². The predicted molar refractivity (Wildman–Crippen MR) is 88.4 cm³/mol. The number of carbonyl (C=O) groups is 2. The molecule has 0 aliphatic carbocycles. The molecule has 2 aromatic rings. The van der Waals surface area contributed by atoms with Gasteiger partial charge >= 0.3 is 0 Å². The van der Waals surface area contributed by atoms with Crippen LogP contribution in [0.15, 0.2) is 54.6 Å². The molecule has 23 heavy (non-hydrogen) atoms. The van der Waals surface area contributed by atoms with E-state index in [1.165, 1.54) is 0 Å². The van der Waals surface area contributed by atoms with Crippen LogP contribution >= 0.6 is 0 Å². The van der Waals surface area contributed by atoms with E-state index in [2.05, 4.69) is 5.32 Å². The van der Waals surface area contributed by atoms with Crippen molar-refractivity contribution in [2.24, 2.45) is 5.92 Å². The van der Waals surface area contributed by atoms with Crippen LogP contribution in [0.4, 0.5) is 11.4 Å². The molecule has 3 rings (SSSR count). The van der Waals surface area contributed by atoms with Crippen LogP contribution in [0, 0.1) is 5.92 Å². The van der Waals surface area contributed by atoms with Crippen LogP contribution in [0.2, 0.25) is 0 Å². The molecule has 1 unspecified atom stereocenters. The van der Waals surface area contributed by atoms with Gasteiger partial charge in [-0.1, -0.05) is 18.2 Å². The minimum Gasteiger partial charge on any atom is -0.396 e. The van der Waals surface area contributed by atoms with Crippen molar-refractivity contribution in [1.82, 2.24) is 0 Å². The van der Waals surface area contributed by atoms with Gasteiger partial charge in [-0.25, -0.2) is 0 Å². The Labute approximate surface area is 134 Å². The Balaban J connectivity index is 1.68. The van der Waals surface area contributed by atoms with Gasteiger partial charge in [-0.2, -0.15) is 0 Å². The highest BCUT2D eigenvalue weighted by Gasteiger charge is 2.29. The first-order valence-corrected chi connectivity index (χ1v) is 7.55. The minimum absolute atomic E-state index is 0.0000371. The summed E-state index contributed by atoms with van der Waals surface area (Å²) in [5.74, 6) is -0.152. The lowest BCUT2D eigenvalue weighted by molar-refractivity contribution is -0.117. The number of amides is 2. The number of carbonyl (C=O) groups excluding carboxylic acids is 2. The first-order chi connectivity index (χ1) is 11.2. The average molecular weight is 310 g/mol. The van der Waals surface area contributed by atoms with E-state index in [1.54, 1.807) is 41.3 Å². The molecule has 2 aromatic carbocycles. The van der Waals surface area contributed by atoms with Crippen molar-refractivity contribution in [1.29, 1.82) is 0 Å². The van der Waals surface area contributed by atoms with Gasteiger partial charge in [0.15, 0.2) is 0 Å². The first kappa shape index (κ1) is 15.2. The van der Waals surface area contributed by atoms with Gasteiger partial charge < -0.3 is 15.3 Å². The molecule has 1 heterocycles. The first-order valence-electron chi connectivity index (χ1n) is 7.55. The molecule has 1 aliphatic heterocycles. The van der Waals surface area contributed by atoms with E-state index in [-0.39, 0.29) is 24.3 Å². The lowest BCUT2D eigenvalue weighted by Crippen LogP contribution is -2.24. The summed E-state index contributed by atoms with van der Waals surface area (Å²) in [5.41, 5.74) is 2.05. The number of anilines is 2. The fourth-order valence-electron chi connectivity index (χ4n) is 2.67. The minimum atomic E-state index is -0.170. The largest absolute Gasteiger partial charge is 0.396 e. The number of benzene rings is 2. The van der Waals surface area contributed by atoms with E-state index in [1.807, 2.05) is 18.2 Å². The Morgan fingerprint density at radius 3 is 2.43 bits per heavy atom. The van der Waals surface area contributed by atoms with Gasteiger partial charge in [-0.05, 0) is 36.4 Å². The Hall–Kier alpha value is -2.66. The Kier molecular flexibility index (Phi) is 4.39. The van der Waals surface area contributed by atoms with E-state index in [9.17, 15) is 14.7 Å². The van der Waals surface area contributed by atoms with E-state index < -0.39 is 0 Å². The van der Waals surface area contributed by atoms with Crippen molar-refractivity contribution in [3.05, 3.63) is 60.2 Å². The second-order valence-electron chi connectivity index (χ2n) is 5.62. The summed E-state index contributed by atoms with van der Waals surface area (Å²) in [6, 6.07) is 16.1. The molecule has 0 aromatic heterocycles. The topological polar surface area (TPSA) is 69.6 Å². The Bertz CT molecular complexity index is 698. The summed E-state index contributed by atoms with van der Waals surface area (Å²) < 4.78 is 0. The molecular weight excluding hydrogens is 292 g/mol. The molecule has 0 spiro atoms. The molecule has 118 valence electrons. The highest BCUT2D eigenvalue weighted by atomic mass is 16.3. The van der Waals surface area contributed by atoms with E-state index in [0.717, 1.165) is 5.69 Å². The standard InChI is InChI=1S/C18H18N2O3/c21-12-13-10-17(22)20(11-13)16-8-6-15(7-9-16)19-18(23)14-4-2-1-3-5-14/h1-9,13,21H,10-12H2,(H,19,23). The highest BCUT2D eigenvalue weighted by molar-refractivity contribution is 6.04. The zero-order chi connectivity index (χ0) is 16.2.